The van der Waals surface area contributed by atoms with Gasteiger partial charge in [0.25, 0.3) is 0 Å². The molecule has 0 spiro atoms. The van der Waals surface area contributed by atoms with Crippen LogP contribution >= 0.6 is 27.5 Å². The van der Waals surface area contributed by atoms with Gasteiger partial charge in [0.15, 0.2) is 0 Å². The zero-order valence-electron chi connectivity index (χ0n) is 7.69. The molecule has 0 aliphatic heterocycles. The van der Waals surface area contributed by atoms with Gasteiger partial charge in [0, 0.05) is 11.2 Å². The third-order valence-electron chi connectivity index (χ3n) is 2.02. The number of hydrogen-bond donors (Lipinski definition) is 1. The molecule has 0 fully saturated rings. The first-order valence-electron chi connectivity index (χ1n) is 4.30. The Morgan fingerprint density at radius 3 is 2.80 bits per heavy atom. The van der Waals surface area contributed by atoms with Crippen molar-refractivity contribution in [2.45, 2.75) is 6.61 Å². The lowest BCUT2D eigenvalue weighted by molar-refractivity contribution is 0.282. The van der Waals surface area contributed by atoms with Crippen molar-refractivity contribution in [2.75, 3.05) is 0 Å². The van der Waals surface area contributed by atoms with Crippen molar-refractivity contribution in [3.05, 3.63) is 45.7 Å². The van der Waals surface area contributed by atoms with Crippen LogP contribution in [0.15, 0.2) is 35.1 Å². The summed E-state index contributed by atoms with van der Waals surface area (Å²) in [6.45, 7) is -0.0537. The highest BCUT2D eigenvalue weighted by molar-refractivity contribution is 9.10. The summed E-state index contributed by atoms with van der Waals surface area (Å²) in [4.78, 5) is 0. The number of aliphatic hydroxyl groups excluding tert-OH is 1. The summed E-state index contributed by atoms with van der Waals surface area (Å²) in [6, 6.07) is 5.41. The van der Waals surface area contributed by atoms with Gasteiger partial charge in [0.1, 0.15) is 0 Å². The molecule has 0 radical (unpaired) electrons. The fourth-order valence-electron chi connectivity index (χ4n) is 1.25. The summed E-state index contributed by atoms with van der Waals surface area (Å²) in [6.07, 6.45) is 3.54. The Kier molecular flexibility index (Phi) is 3.09. The number of halogens is 2. The molecule has 5 heteroatoms. The number of aliphatic hydroxyl groups is 1. The minimum atomic E-state index is -0.0537. The summed E-state index contributed by atoms with van der Waals surface area (Å²) in [5, 5.41) is 13.6. The van der Waals surface area contributed by atoms with E-state index in [1.54, 1.807) is 23.0 Å². The second-order valence-electron chi connectivity index (χ2n) is 3.04. The van der Waals surface area contributed by atoms with E-state index in [1.165, 1.54) is 0 Å². The minimum absolute atomic E-state index is 0.0537. The van der Waals surface area contributed by atoms with Crippen LogP contribution in [0.25, 0.3) is 5.69 Å². The molecule has 1 aromatic heterocycles. The van der Waals surface area contributed by atoms with E-state index in [0.29, 0.717) is 10.6 Å². The lowest BCUT2D eigenvalue weighted by atomic mass is 10.2. The highest BCUT2D eigenvalue weighted by atomic mass is 79.9. The first-order valence-corrected chi connectivity index (χ1v) is 5.47. The van der Waals surface area contributed by atoms with E-state index in [4.69, 9.17) is 16.7 Å². The van der Waals surface area contributed by atoms with Gasteiger partial charge in [-0.15, -0.1) is 0 Å². The smallest absolute Gasteiger partial charge is 0.0696 e. The largest absolute Gasteiger partial charge is 0.392 e. The van der Waals surface area contributed by atoms with Gasteiger partial charge >= 0.3 is 0 Å². The van der Waals surface area contributed by atoms with E-state index in [9.17, 15) is 0 Å². The highest BCUT2D eigenvalue weighted by Gasteiger charge is 2.03. The fourth-order valence-corrected chi connectivity index (χ4v) is 1.77. The predicted octanol–water partition coefficient (Wildman–Crippen LogP) is 2.78. The third-order valence-corrected chi connectivity index (χ3v) is 2.78. The molecule has 0 atom stereocenters. The van der Waals surface area contributed by atoms with Crippen molar-refractivity contribution in [2.24, 2.45) is 0 Å². The van der Waals surface area contributed by atoms with E-state index in [1.807, 2.05) is 12.3 Å². The molecular formula is C10H8BrClN2O. The standard InChI is InChI=1S/C10H8BrClN2O/c11-8-4-13-14(5-8)9-2-1-7(6-15)10(12)3-9/h1-5,15H,6H2. The molecule has 1 N–H and O–H groups in total. The van der Waals surface area contributed by atoms with Crippen molar-refractivity contribution < 1.29 is 5.11 Å². The van der Waals surface area contributed by atoms with Gasteiger partial charge in [-0.25, -0.2) is 4.68 Å². The van der Waals surface area contributed by atoms with E-state index >= 15 is 0 Å². The summed E-state index contributed by atoms with van der Waals surface area (Å²) >= 11 is 9.29. The maximum absolute atomic E-state index is 8.97. The molecule has 2 rings (SSSR count). The van der Waals surface area contributed by atoms with Crippen LogP contribution in [0.1, 0.15) is 5.56 Å². The Bertz CT molecular complexity index is 484. The van der Waals surface area contributed by atoms with E-state index in [-0.39, 0.29) is 6.61 Å². The normalized spacial score (nSPS) is 10.6. The van der Waals surface area contributed by atoms with E-state index < -0.39 is 0 Å². The fraction of sp³-hybridized carbons (Fsp3) is 0.100. The van der Waals surface area contributed by atoms with Gasteiger partial charge in [-0.2, -0.15) is 5.10 Å². The molecule has 0 unspecified atom stereocenters. The molecule has 0 amide bonds. The topological polar surface area (TPSA) is 38.0 Å². The summed E-state index contributed by atoms with van der Waals surface area (Å²) in [5.74, 6) is 0. The maximum Gasteiger partial charge on any atom is 0.0696 e. The van der Waals surface area contributed by atoms with E-state index in [0.717, 1.165) is 10.2 Å². The molecule has 0 saturated carbocycles. The first kappa shape index (κ1) is 10.7. The van der Waals surface area contributed by atoms with Crippen LogP contribution < -0.4 is 0 Å². The van der Waals surface area contributed by atoms with Crippen LogP contribution in [0.2, 0.25) is 5.02 Å². The molecule has 15 heavy (non-hydrogen) atoms. The SMILES string of the molecule is OCc1ccc(-n2cc(Br)cn2)cc1Cl. The second kappa shape index (κ2) is 4.35. The molecule has 1 aromatic carbocycles. The third kappa shape index (κ3) is 2.22. The average Bonchev–Trinajstić information content (AvgIpc) is 2.65. The van der Waals surface area contributed by atoms with Crippen molar-refractivity contribution in [3.8, 4) is 5.69 Å². The van der Waals surface area contributed by atoms with Gasteiger partial charge in [-0.05, 0) is 33.6 Å². The lowest BCUT2D eigenvalue weighted by Crippen LogP contribution is -1.95. The average molecular weight is 288 g/mol. The summed E-state index contributed by atoms with van der Waals surface area (Å²) in [7, 11) is 0. The molecule has 3 nitrogen and oxygen atoms in total. The van der Waals surface area contributed by atoms with Gasteiger partial charge in [-0.1, -0.05) is 17.7 Å². The van der Waals surface area contributed by atoms with Crippen LogP contribution in [-0.4, -0.2) is 14.9 Å². The molecule has 2 aromatic rings. The van der Waals surface area contributed by atoms with Crippen LogP contribution in [0.3, 0.4) is 0 Å². The van der Waals surface area contributed by atoms with Gasteiger partial charge in [0.2, 0.25) is 0 Å². The van der Waals surface area contributed by atoms with Crippen molar-refractivity contribution >= 4 is 27.5 Å². The minimum Gasteiger partial charge on any atom is -0.392 e. The Labute approximate surface area is 100 Å². The van der Waals surface area contributed by atoms with Gasteiger partial charge < -0.3 is 5.11 Å². The number of hydrogen-bond acceptors (Lipinski definition) is 2. The molecule has 0 aliphatic carbocycles. The first-order chi connectivity index (χ1) is 7.20. The zero-order valence-corrected chi connectivity index (χ0v) is 10.0. The van der Waals surface area contributed by atoms with Crippen molar-refractivity contribution in [3.63, 3.8) is 0 Å². The number of benzene rings is 1. The number of rotatable bonds is 2. The van der Waals surface area contributed by atoms with Crippen molar-refractivity contribution in [1.29, 1.82) is 0 Å². The molecule has 1 heterocycles. The summed E-state index contributed by atoms with van der Waals surface area (Å²) in [5.41, 5.74) is 1.58. The maximum atomic E-state index is 8.97. The van der Waals surface area contributed by atoms with E-state index in [2.05, 4.69) is 21.0 Å². The molecule has 0 aliphatic rings. The number of aromatic nitrogens is 2. The van der Waals surface area contributed by atoms with Crippen molar-refractivity contribution in [1.82, 2.24) is 9.78 Å². The molecular weight excluding hydrogens is 279 g/mol. The zero-order chi connectivity index (χ0) is 10.8. The van der Waals surface area contributed by atoms with Crippen LogP contribution in [-0.2, 0) is 6.61 Å². The van der Waals surface area contributed by atoms with Gasteiger partial charge in [0.05, 0.1) is 23.0 Å². The Morgan fingerprint density at radius 2 is 2.27 bits per heavy atom. The Hall–Kier alpha value is -0.840. The molecule has 78 valence electrons. The van der Waals surface area contributed by atoms with Crippen LogP contribution in [0.4, 0.5) is 0 Å². The number of nitrogens with zero attached hydrogens (tertiary/aromatic N) is 2. The van der Waals surface area contributed by atoms with Crippen LogP contribution in [0.5, 0.6) is 0 Å². The lowest BCUT2D eigenvalue weighted by Gasteiger charge is -2.04. The highest BCUT2D eigenvalue weighted by Crippen LogP contribution is 2.20. The predicted molar refractivity (Wildman–Crippen MR) is 62.2 cm³/mol. The van der Waals surface area contributed by atoms with Crippen LogP contribution in [0, 0.1) is 0 Å². The Balaban J connectivity index is 2.42. The summed E-state index contributed by atoms with van der Waals surface area (Å²) < 4.78 is 2.61. The molecule has 0 bridgehead atoms. The quantitative estimate of drug-likeness (QED) is 0.922. The Morgan fingerprint density at radius 1 is 1.47 bits per heavy atom. The van der Waals surface area contributed by atoms with Gasteiger partial charge in [-0.3, -0.25) is 0 Å². The monoisotopic (exact) mass is 286 g/mol. The second-order valence-corrected chi connectivity index (χ2v) is 4.36. The molecule has 0 saturated heterocycles.